The molecule has 0 bridgehead atoms. The summed E-state index contributed by atoms with van der Waals surface area (Å²) >= 11 is 6.28. The zero-order valence-electron chi connectivity index (χ0n) is 14.3. The number of anilines is 2. The van der Waals surface area contributed by atoms with Gasteiger partial charge in [0.25, 0.3) is 0 Å². The van der Waals surface area contributed by atoms with Gasteiger partial charge < -0.3 is 15.1 Å². The predicted molar refractivity (Wildman–Crippen MR) is 103 cm³/mol. The Kier molecular flexibility index (Phi) is 4.55. The molecule has 0 saturated carbocycles. The standard InChI is InChI=1S/C20H20ClN3O2/c21-16-6-2-4-8-18(16)23-9-11-24(12-10-23)20(26)15-13-19(25)22-17-7-3-1-5-14(15)17/h1-8,15H,9-13H2,(H,22,25). The molecule has 6 heteroatoms. The monoisotopic (exact) mass is 369 g/mol. The molecule has 1 unspecified atom stereocenters. The van der Waals surface area contributed by atoms with Crippen molar-refractivity contribution in [3.05, 3.63) is 59.1 Å². The molecule has 1 saturated heterocycles. The van der Waals surface area contributed by atoms with Crippen molar-refractivity contribution in [1.82, 2.24) is 4.90 Å². The summed E-state index contributed by atoms with van der Waals surface area (Å²) in [6.07, 6.45) is 0.209. The lowest BCUT2D eigenvalue weighted by atomic mass is 9.89. The Morgan fingerprint density at radius 2 is 1.69 bits per heavy atom. The van der Waals surface area contributed by atoms with Crippen LogP contribution in [0.4, 0.5) is 11.4 Å². The number of carbonyl (C=O) groups is 2. The fourth-order valence-corrected chi connectivity index (χ4v) is 3.98. The number of piperazine rings is 1. The van der Waals surface area contributed by atoms with E-state index in [1.54, 1.807) is 0 Å². The first-order chi connectivity index (χ1) is 12.6. The molecule has 2 aliphatic heterocycles. The zero-order valence-corrected chi connectivity index (χ0v) is 15.1. The number of amides is 2. The summed E-state index contributed by atoms with van der Waals surface area (Å²) in [4.78, 5) is 29.1. The minimum Gasteiger partial charge on any atom is -0.367 e. The third-order valence-electron chi connectivity index (χ3n) is 5.08. The number of carbonyl (C=O) groups excluding carboxylic acids is 2. The lowest BCUT2D eigenvalue weighted by Gasteiger charge is -2.38. The van der Waals surface area contributed by atoms with Crippen molar-refractivity contribution < 1.29 is 9.59 Å². The Balaban J connectivity index is 1.48. The highest BCUT2D eigenvalue weighted by molar-refractivity contribution is 6.33. The average molecular weight is 370 g/mol. The van der Waals surface area contributed by atoms with Crippen LogP contribution in [0.2, 0.25) is 5.02 Å². The van der Waals surface area contributed by atoms with Gasteiger partial charge in [-0.1, -0.05) is 41.9 Å². The van der Waals surface area contributed by atoms with Gasteiger partial charge in [-0.15, -0.1) is 0 Å². The van der Waals surface area contributed by atoms with E-state index in [0.717, 1.165) is 35.1 Å². The summed E-state index contributed by atoms with van der Waals surface area (Å²) in [7, 11) is 0. The highest BCUT2D eigenvalue weighted by Gasteiger charge is 2.34. The van der Waals surface area contributed by atoms with Crippen molar-refractivity contribution in [1.29, 1.82) is 0 Å². The minimum atomic E-state index is -0.396. The largest absolute Gasteiger partial charge is 0.367 e. The fourth-order valence-electron chi connectivity index (χ4n) is 3.73. The molecule has 2 aliphatic rings. The van der Waals surface area contributed by atoms with Gasteiger partial charge in [-0.05, 0) is 23.8 Å². The molecule has 1 fully saturated rings. The summed E-state index contributed by atoms with van der Waals surface area (Å²) in [5, 5.41) is 3.58. The van der Waals surface area contributed by atoms with E-state index in [-0.39, 0.29) is 18.2 Å². The van der Waals surface area contributed by atoms with E-state index in [0.29, 0.717) is 13.1 Å². The van der Waals surface area contributed by atoms with Gasteiger partial charge in [0.15, 0.2) is 0 Å². The topological polar surface area (TPSA) is 52.7 Å². The number of nitrogens with one attached hydrogen (secondary N) is 1. The maximum absolute atomic E-state index is 13.1. The molecular formula is C20H20ClN3O2. The van der Waals surface area contributed by atoms with Crippen molar-refractivity contribution >= 4 is 34.8 Å². The zero-order chi connectivity index (χ0) is 18.1. The lowest BCUT2D eigenvalue weighted by molar-refractivity contribution is -0.135. The second kappa shape index (κ2) is 7.00. The van der Waals surface area contributed by atoms with E-state index < -0.39 is 5.92 Å². The van der Waals surface area contributed by atoms with Crippen molar-refractivity contribution in [3.8, 4) is 0 Å². The van der Waals surface area contributed by atoms with Crippen LogP contribution in [0.15, 0.2) is 48.5 Å². The van der Waals surface area contributed by atoms with E-state index in [9.17, 15) is 9.59 Å². The number of rotatable bonds is 2. The molecule has 4 rings (SSSR count). The fraction of sp³-hybridized carbons (Fsp3) is 0.300. The average Bonchev–Trinajstić information content (AvgIpc) is 2.67. The Labute approximate surface area is 157 Å². The van der Waals surface area contributed by atoms with Gasteiger partial charge in [0.1, 0.15) is 0 Å². The number of nitrogens with zero attached hydrogens (tertiary/aromatic N) is 2. The van der Waals surface area contributed by atoms with Gasteiger partial charge in [0.05, 0.1) is 16.6 Å². The van der Waals surface area contributed by atoms with Crippen molar-refractivity contribution in [2.45, 2.75) is 12.3 Å². The van der Waals surface area contributed by atoms with Gasteiger partial charge in [-0.3, -0.25) is 9.59 Å². The molecule has 1 atom stereocenters. The molecule has 134 valence electrons. The summed E-state index contributed by atoms with van der Waals surface area (Å²) in [5.41, 5.74) is 2.66. The summed E-state index contributed by atoms with van der Waals surface area (Å²) < 4.78 is 0. The summed E-state index contributed by atoms with van der Waals surface area (Å²) in [6.45, 7) is 2.72. The SMILES string of the molecule is O=C1CC(C(=O)N2CCN(c3ccccc3Cl)CC2)c2ccccc2N1. The maximum Gasteiger partial charge on any atom is 0.230 e. The molecule has 0 aliphatic carbocycles. The molecule has 1 N–H and O–H groups in total. The Bertz CT molecular complexity index is 846. The van der Waals surface area contributed by atoms with Gasteiger partial charge in [0, 0.05) is 38.3 Å². The third kappa shape index (κ3) is 3.15. The van der Waals surface area contributed by atoms with Crippen LogP contribution in [0.3, 0.4) is 0 Å². The molecule has 0 aromatic heterocycles. The van der Waals surface area contributed by atoms with Crippen LogP contribution in [-0.2, 0) is 9.59 Å². The van der Waals surface area contributed by atoms with Crippen LogP contribution >= 0.6 is 11.6 Å². The van der Waals surface area contributed by atoms with E-state index in [1.807, 2.05) is 53.4 Å². The van der Waals surface area contributed by atoms with Gasteiger partial charge in [-0.2, -0.15) is 0 Å². The molecule has 5 nitrogen and oxygen atoms in total. The van der Waals surface area contributed by atoms with Gasteiger partial charge >= 0.3 is 0 Å². The van der Waals surface area contributed by atoms with E-state index >= 15 is 0 Å². The number of fused-ring (bicyclic) bond motifs is 1. The maximum atomic E-state index is 13.1. The molecule has 2 amide bonds. The Morgan fingerprint density at radius 1 is 1.00 bits per heavy atom. The second-order valence-corrected chi connectivity index (χ2v) is 7.06. The normalized spacial score (nSPS) is 19.7. The Hall–Kier alpha value is -2.53. The quantitative estimate of drug-likeness (QED) is 0.884. The van der Waals surface area contributed by atoms with Crippen molar-refractivity contribution in [3.63, 3.8) is 0 Å². The number of hydrogen-bond donors (Lipinski definition) is 1. The molecule has 2 aromatic rings. The number of para-hydroxylation sites is 2. The first-order valence-electron chi connectivity index (χ1n) is 8.80. The van der Waals surface area contributed by atoms with Crippen LogP contribution in [0.25, 0.3) is 0 Å². The first kappa shape index (κ1) is 16.9. The van der Waals surface area contributed by atoms with E-state index in [2.05, 4.69) is 10.2 Å². The molecular weight excluding hydrogens is 350 g/mol. The Morgan fingerprint density at radius 3 is 2.46 bits per heavy atom. The number of halogens is 1. The van der Waals surface area contributed by atoms with Gasteiger partial charge in [0.2, 0.25) is 11.8 Å². The second-order valence-electron chi connectivity index (χ2n) is 6.66. The van der Waals surface area contributed by atoms with Crippen LogP contribution < -0.4 is 10.2 Å². The van der Waals surface area contributed by atoms with Crippen molar-refractivity contribution in [2.24, 2.45) is 0 Å². The van der Waals surface area contributed by atoms with Crippen LogP contribution in [0.1, 0.15) is 17.9 Å². The summed E-state index contributed by atoms with van der Waals surface area (Å²) in [6, 6.07) is 15.3. The smallest absolute Gasteiger partial charge is 0.230 e. The first-order valence-corrected chi connectivity index (χ1v) is 9.18. The number of benzene rings is 2. The molecule has 0 spiro atoms. The highest BCUT2D eigenvalue weighted by atomic mass is 35.5. The number of hydrogen-bond acceptors (Lipinski definition) is 3. The summed E-state index contributed by atoms with van der Waals surface area (Å²) in [5.74, 6) is -0.463. The molecule has 26 heavy (non-hydrogen) atoms. The molecule has 2 heterocycles. The highest BCUT2D eigenvalue weighted by Crippen LogP contribution is 2.34. The van der Waals surface area contributed by atoms with Gasteiger partial charge in [-0.25, -0.2) is 0 Å². The van der Waals surface area contributed by atoms with E-state index in [1.165, 1.54) is 0 Å². The lowest BCUT2D eigenvalue weighted by Crippen LogP contribution is -2.50. The van der Waals surface area contributed by atoms with Crippen molar-refractivity contribution in [2.75, 3.05) is 36.4 Å². The van der Waals surface area contributed by atoms with Crippen LogP contribution in [-0.4, -0.2) is 42.9 Å². The van der Waals surface area contributed by atoms with Crippen LogP contribution in [0.5, 0.6) is 0 Å². The van der Waals surface area contributed by atoms with Crippen LogP contribution in [0, 0.1) is 0 Å². The third-order valence-corrected chi connectivity index (χ3v) is 5.40. The predicted octanol–water partition coefficient (Wildman–Crippen LogP) is 3.11. The molecule has 2 aromatic carbocycles. The molecule has 0 radical (unpaired) electrons. The van der Waals surface area contributed by atoms with E-state index in [4.69, 9.17) is 11.6 Å². The minimum absolute atomic E-state index is 0.0334.